The minimum absolute atomic E-state index is 0.622. The minimum atomic E-state index is 0.622. The Balaban J connectivity index is 1.87. The molecule has 18 heavy (non-hydrogen) atoms. The number of benzene rings is 1. The number of rotatable bonds is 3. The first kappa shape index (κ1) is 12.6. The van der Waals surface area contributed by atoms with E-state index in [2.05, 4.69) is 50.4 Å². The molecule has 2 nitrogen and oxygen atoms in total. The average molecular weight is 309 g/mol. The second-order valence-corrected chi connectivity index (χ2v) is 6.30. The number of hydrogen-bond acceptors (Lipinski definition) is 2. The van der Waals surface area contributed by atoms with E-state index in [0.29, 0.717) is 6.04 Å². The van der Waals surface area contributed by atoms with Gasteiger partial charge in [-0.1, -0.05) is 40.5 Å². The molecule has 1 aromatic carbocycles. The van der Waals surface area contributed by atoms with Crippen LogP contribution in [0.25, 0.3) is 0 Å². The Labute approximate surface area is 118 Å². The van der Waals surface area contributed by atoms with E-state index in [0.717, 1.165) is 19.0 Å². The monoisotopic (exact) mass is 308 g/mol. The van der Waals surface area contributed by atoms with Crippen molar-refractivity contribution in [2.45, 2.75) is 25.3 Å². The summed E-state index contributed by atoms with van der Waals surface area (Å²) in [5.74, 6) is 0.863. The zero-order chi connectivity index (χ0) is 12.4. The van der Waals surface area contributed by atoms with E-state index < -0.39 is 0 Å². The Morgan fingerprint density at radius 2 is 1.89 bits per heavy atom. The topological polar surface area (TPSA) is 15.3 Å². The minimum Gasteiger partial charge on any atom is -0.314 e. The zero-order valence-electron chi connectivity index (χ0n) is 10.7. The van der Waals surface area contributed by atoms with E-state index in [1.165, 1.54) is 42.4 Å². The lowest BCUT2D eigenvalue weighted by Crippen LogP contribution is -2.47. The molecule has 3 rings (SSSR count). The van der Waals surface area contributed by atoms with Crippen LogP contribution in [-0.4, -0.2) is 31.1 Å². The third-order valence-electron chi connectivity index (χ3n) is 4.37. The highest BCUT2D eigenvalue weighted by Crippen LogP contribution is 2.43. The van der Waals surface area contributed by atoms with E-state index >= 15 is 0 Å². The van der Waals surface area contributed by atoms with Gasteiger partial charge in [-0.05, 0) is 30.4 Å². The van der Waals surface area contributed by atoms with Crippen molar-refractivity contribution < 1.29 is 0 Å². The van der Waals surface area contributed by atoms with Crippen LogP contribution >= 0.6 is 15.9 Å². The molecule has 1 heterocycles. The van der Waals surface area contributed by atoms with Crippen molar-refractivity contribution >= 4 is 15.9 Å². The molecule has 0 radical (unpaired) electrons. The molecular formula is C15H21BrN2. The summed E-state index contributed by atoms with van der Waals surface area (Å²) < 4.78 is 1.28. The van der Waals surface area contributed by atoms with Gasteiger partial charge in [0.1, 0.15) is 0 Å². The van der Waals surface area contributed by atoms with Gasteiger partial charge in [0, 0.05) is 36.7 Å². The van der Waals surface area contributed by atoms with E-state index in [9.17, 15) is 0 Å². The Kier molecular flexibility index (Phi) is 4.02. The van der Waals surface area contributed by atoms with Gasteiger partial charge in [-0.25, -0.2) is 0 Å². The molecule has 1 saturated heterocycles. The van der Waals surface area contributed by atoms with Crippen LogP contribution in [0.2, 0.25) is 0 Å². The third kappa shape index (κ3) is 2.49. The fourth-order valence-corrected chi connectivity index (χ4v) is 3.70. The van der Waals surface area contributed by atoms with Crippen molar-refractivity contribution in [2.24, 2.45) is 5.92 Å². The van der Waals surface area contributed by atoms with E-state index in [-0.39, 0.29) is 0 Å². The van der Waals surface area contributed by atoms with Crippen molar-refractivity contribution in [3.63, 3.8) is 0 Å². The summed E-state index contributed by atoms with van der Waals surface area (Å²) in [5.41, 5.74) is 1.49. The maximum atomic E-state index is 3.74. The van der Waals surface area contributed by atoms with Crippen LogP contribution in [0.5, 0.6) is 0 Å². The second-order valence-electron chi connectivity index (χ2n) is 5.44. The molecule has 2 fully saturated rings. The maximum absolute atomic E-state index is 3.74. The summed E-state index contributed by atoms with van der Waals surface area (Å²) in [6, 6.07) is 9.39. The van der Waals surface area contributed by atoms with E-state index in [1.807, 2.05) is 0 Å². The molecule has 1 aromatic rings. The average Bonchev–Trinajstić information content (AvgIpc) is 2.36. The molecule has 1 saturated carbocycles. The molecule has 2 aliphatic rings. The Morgan fingerprint density at radius 1 is 1.17 bits per heavy atom. The highest BCUT2D eigenvalue weighted by molar-refractivity contribution is 9.10. The van der Waals surface area contributed by atoms with Crippen molar-refractivity contribution in [3.05, 3.63) is 34.3 Å². The van der Waals surface area contributed by atoms with E-state index in [4.69, 9.17) is 0 Å². The van der Waals surface area contributed by atoms with Gasteiger partial charge in [-0.2, -0.15) is 0 Å². The molecule has 3 heteroatoms. The van der Waals surface area contributed by atoms with Gasteiger partial charge in [0.2, 0.25) is 0 Å². The van der Waals surface area contributed by atoms with Crippen molar-refractivity contribution in [1.29, 1.82) is 0 Å². The summed E-state index contributed by atoms with van der Waals surface area (Å²) in [7, 11) is 0. The fraction of sp³-hybridized carbons (Fsp3) is 0.600. The molecule has 98 valence electrons. The number of hydrogen-bond donors (Lipinski definition) is 1. The Morgan fingerprint density at radius 3 is 2.50 bits per heavy atom. The van der Waals surface area contributed by atoms with Crippen molar-refractivity contribution in [3.8, 4) is 0 Å². The molecule has 0 spiro atoms. The van der Waals surface area contributed by atoms with Gasteiger partial charge in [0.25, 0.3) is 0 Å². The number of nitrogens with one attached hydrogen (secondary N) is 1. The summed E-state index contributed by atoms with van der Waals surface area (Å²) in [4.78, 5) is 2.68. The van der Waals surface area contributed by atoms with Crippen LogP contribution in [0.1, 0.15) is 30.9 Å². The summed E-state index contributed by atoms with van der Waals surface area (Å²) in [5, 5.41) is 3.46. The first-order chi connectivity index (χ1) is 8.86. The smallest absolute Gasteiger partial charge is 0.0388 e. The fourth-order valence-electron chi connectivity index (χ4n) is 3.18. The largest absolute Gasteiger partial charge is 0.314 e. The normalized spacial score (nSPS) is 23.6. The van der Waals surface area contributed by atoms with Crippen LogP contribution in [0.15, 0.2) is 28.7 Å². The van der Waals surface area contributed by atoms with Gasteiger partial charge >= 0.3 is 0 Å². The van der Waals surface area contributed by atoms with Gasteiger partial charge in [-0.3, -0.25) is 4.90 Å². The molecule has 0 amide bonds. The Hall–Kier alpha value is -0.380. The molecule has 1 aliphatic heterocycles. The summed E-state index contributed by atoms with van der Waals surface area (Å²) in [6.07, 6.45) is 4.21. The first-order valence-electron chi connectivity index (χ1n) is 7.05. The first-order valence-corrected chi connectivity index (χ1v) is 7.85. The van der Waals surface area contributed by atoms with Crippen LogP contribution in [0, 0.1) is 5.92 Å². The van der Waals surface area contributed by atoms with Crippen LogP contribution in [-0.2, 0) is 0 Å². The van der Waals surface area contributed by atoms with Crippen molar-refractivity contribution in [1.82, 2.24) is 10.2 Å². The molecule has 0 aromatic heterocycles. The van der Waals surface area contributed by atoms with Gasteiger partial charge in [0.15, 0.2) is 0 Å². The lowest BCUT2D eigenvalue weighted by Gasteiger charge is -2.43. The zero-order valence-corrected chi connectivity index (χ0v) is 12.3. The quantitative estimate of drug-likeness (QED) is 0.922. The SMILES string of the molecule is Brc1ccccc1[C@H](C1CCC1)N1CCNCC1. The van der Waals surface area contributed by atoms with Crippen LogP contribution in [0.3, 0.4) is 0 Å². The van der Waals surface area contributed by atoms with Crippen LogP contribution < -0.4 is 5.32 Å². The van der Waals surface area contributed by atoms with E-state index in [1.54, 1.807) is 0 Å². The highest BCUT2D eigenvalue weighted by atomic mass is 79.9. The lowest BCUT2D eigenvalue weighted by atomic mass is 9.76. The standard InChI is InChI=1S/C15H21BrN2/c16-14-7-2-1-6-13(14)15(12-4-3-5-12)18-10-8-17-9-11-18/h1-2,6-7,12,15,17H,3-5,8-11H2/t15-/m0/s1. The Bertz CT molecular complexity index is 397. The van der Waals surface area contributed by atoms with Gasteiger partial charge in [-0.15, -0.1) is 0 Å². The lowest BCUT2D eigenvalue weighted by molar-refractivity contribution is 0.0832. The molecule has 1 atom stereocenters. The molecule has 1 N–H and O–H groups in total. The molecular weight excluding hydrogens is 288 g/mol. The summed E-state index contributed by atoms with van der Waals surface area (Å²) in [6.45, 7) is 4.63. The van der Waals surface area contributed by atoms with Gasteiger partial charge in [0.05, 0.1) is 0 Å². The predicted octanol–water partition coefficient (Wildman–Crippen LogP) is 3.20. The maximum Gasteiger partial charge on any atom is 0.0388 e. The molecule has 0 bridgehead atoms. The van der Waals surface area contributed by atoms with Crippen molar-refractivity contribution in [2.75, 3.05) is 26.2 Å². The second kappa shape index (κ2) is 5.72. The summed E-state index contributed by atoms with van der Waals surface area (Å²) >= 11 is 3.74. The predicted molar refractivity (Wildman–Crippen MR) is 78.7 cm³/mol. The molecule has 1 aliphatic carbocycles. The number of nitrogens with zero attached hydrogens (tertiary/aromatic N) is 1. The van der Waals surface area contributed by atoms with Crippen LogP contribution in [0.4, 0.5) is 0 Å². The number of halogens is 1. The highest BCUT2D eigenvalue weighted by Gasteiger charge is 2.34. The van der Waals surface area contributed by atoms with Gasteiger partial charge < -0.3 is 5.32 Å². The number of piperazine rings is 1. The third-order valence-corrected chi connectivity index (χ3v) is 5.09. The molecule has 0 unspecified atom stereocenters.